The number of carboxylic acids is 1. The number of carbonyl (C=O) groups is 2. The quantitative estimate of drug-likeness (QED) is 0.0975. The molecule has 1 heterocycles. The highest BCUT2D eigenvalue weighted by atomic mass is 32.2. The molecule has 0 bridgehead atoms. The van der Waals surface area contributed by atoms with Crippen molar-refractivity contribution < 1.29 is 63.0 Å². The zero-order chi connectivity index (χ0) is 38.9. The third-order valence-corrected chi connectivity index (χ3v) is 9.60. The monoisotopic (exact) mass is 759 g/mol. The summed E-state index contributed by atoms with van der Waals surface area (Å²) in [5.74, 6) is -16.6. The average molecular weight is 760 g/mol. The number of hydrogen-bond donors (Lipinski definition) is 1. The number of carboxylic acid groups (broad SMARTS) is 1. The Morgan fingerprint density at radius 2 is 1.48 bits per heavy atom. The van der Waals surface area contributed by atoms with Gasteiger partial charge < -0.3 is 14.7 Å². The summed E-state index contributed by atoms with van der Waals surface area (Å²) in [7, 11) is -4.92. The predicted molar refractivity (Wildman–Crippen MR) is 169 cm³/mol. The lowest BCUT2D eigenvalue weighted by molar-refractivity contribution is -0.138. The minimum absolute atomic E-state index is 0.176. The van der Waals surface area contributed by atoms with Crippen molar-refractivity contribution in [3.8, 4) is 5.75 Å². The molecule has 9 nitrogen and oxygen atoms in total. The summed E-state index contributed by atoms with van der Waals surface area (Å²) in [6, 6.07) is 10.4. The molecule has 0 unspecified atom stereocenters. The number of anilines is 1. The van der Waals surface area contributed by atoms with Crippen LogP contribution in [0.15, 0.2) is 65.8 Å². The Bertz CT molecular complexity index is 2110. The van der Waals surface area contributed by atoms with Gasteiger partial charge in [-0.15, -0.1) is 0 Å². The molecule has 0 aliphatic carbocycles. The number of hydrogen-bond acceptors (Lipinski definition) is 6. The van der Waals surface area contributed by atoms with Gasteiger partial charge in [-0.1, -0.05) is 45.0 Å². The number of aromatic carboxylic acids is 1. The van der Waals surface area contributed by atoms with E-state index < -0.39 is 98.2 Å². The van der Waals surface area contributed by atoms with E-state index in [1.54, 1.807) is 24.3 Å². The molecule has 4 rings (SSSR count). The first-order valence-electron chi connectivity index (χ1n) is 14.9. The van der Waals surface area contributed by atoms with Gasteiger partial charge in [-0.25, -0.2) is 35.2 Å². The number of ether oxygens (including phenoxy) is 1. The van der Waals surface area contributed by atoms with Crippen LogP contribution in [0, 0.1) is 29.1 Å². The van der Waals surface area contributed by atoms with Gasteiger partial charge in [0.05, 0.1) is 37.0 Å². The molecule has 0 fully saturated rings. The van der Waals surface area contributed by atoms with Gasteiger partial charge in [-0.2, -0.15) is 17.5 Å². The second kappa shape index (κ2) is 14.9. The molecule has 3 aromatic carbocycles. The van der Waals surface area contributed by atoms with E-state index in [1.165, 1.54) is 0 Å². The lowest BCUT2D eigenvalue weighted by Gasteiger charge is -2.29. The molecule has 1 amide bonds. The van der Waals surface area contributed by atoms with Gasteiger partial charge in [0.25, 0.3) is 0 Å². The van der Waals surface area contributed by atoms with Crippen LogP contribution in [0.25, 0.3) is 0 Å². The number of carbonyl (C=O) groups excluding carboxylic acids is 1. The first kappa shape index (κ1) is 39.7. The van der Waals surface area contributed by atoms with Crippen LogP contribution in [0.3, 0.4) is 0 Å². The molecule has 0 aliphatic rings. The third kappa shape index (κ3) is 8.17. The molecule has 0 radical (unpaired) electrons. The molecule has 1 aromatic heterocycles. The summed E-state index contributed by atoms with van der Waals surface area (Å²) in [6.07, 6.45) is -3.88. The molecular formula is C34H29F8N3O6S. The molecule has 4 aromatic rings. The zero-order valence-corrected chi connectivity index (χ0v) is 28.5. The van der Waals surface area contributed by atoms with E-state index in [0.29, 0.717) is 24.0 Å². The normalized spacial score (nSPS) is 12.2. The third-order valence-electron chi connectivity index (χ3n) is 7.79. The summed E-state index contributed by atoms with van der Waals surface area (Å²) < 4.78 is 147. The van der Waals surface area contributed by atoms with Crippen molar-refractivity contribution in [2.45, 2.75) is 50.3 Å². The number of sulfonamides is 1. The van der Waals surface area contributed by atoms with Crippen molar-refractivity contribution >= 4 is 27.6 Å². The van der Waals surface area contributed by atoms with Crippen molar-refractivity contribution in [3.63, 3.8) is 0 Å². The molecule has 1 N–H and O–H groups in total. The van der Waals surface area contributed by atoms with Crippen LogP contribution < -0.4 is 9.64 Å². The number of benzene rings is 3. The van der Waals surface area contributed by atoms with Crippen LogP contribution in [-0.4, -0.2) is 48.3 Å². The summed E-state index contributed by atoms with van der Waals surface area (Å²) in [6.45, 7) is 2.22. The highest BCUT2D eigenvalue weighted by molar-refractivity contribution is 7.89. The van der Waals surface area contributed by atoms with Crippen LogP contribution in [0.1, 0.15) is 53.4 Å². The molecule has 0 saturated carbocycles. The second-order valence-electron chi connectivity index (χ2n) is 12.3. The van der Waals surface area contributed by atoms with Gasteiger partial charge >= 0.3 is 12.1 Å². The first-order valence-corrected chi connectivity index (χ1v) is 16.4. The minimum Gasteiger partial charge on any atom is -0.495 e. The lowest BCUT2D eigenvalue weighted by atomic mass is 9.86. The van der Waals surface area contributed by atoms with E-state index in [2.05, 4.69) is 4.98 Å². The van der Waals surface area contributed by atoms with Crippen LogP contribution >= 0.6 is 0 Å². The molecule has 0 spiro atoms. The molecule has 18 heteroatoms. The van der Waals surface area contributed by atoms with E-state index >= 15 is 0 Å². The summed E-state index contributed by atoms with van der Waals surface area (Å²) in [5, 5.41) is 9.49. The number of halogens is 8. The molecule has 0 aliphatic heterocycles. The summed E-state index contributed by atoms with van der Waals surface area (Å²) in [5.41, 5.74) is -2.12. The maximum absolute atomic E-state index is 15.0. The Labute approximate surface area is 292 Å². The second-order valence-corrected chi connectivity index (χ2v) is 14.2. The highest BCUT2D eigenvalue weighted by Crippen LogP contribution is 2.36. The van der Waals surface area contributed by atoms with Gasteiger partial charge in [0.15, 0.2) is 28.2 Å². The average Bonchev–Trinajstić information content (AvgIpc) is 3.07. The standard InChI is InChI=1S/C34H29F8N3O6S/c1-33(2,3)21-7-5-6-18(12-21)15-45(23-9-8-19(32(47)48)13-24(23)51-4)25(46)17-44(16-20-14-43-11-10-22(20)34(40,41)42)52(49,50)31-29(38)27(36)26(35)28(37)30(31)39/h5-14H,15-17H2,1-4H3,(H,47,48). The van der Waals surface area contributed by atoms with Crippen molar-refractivity contribution in [3.05, 3.63) is 118 Å². The fourth-order valence-electron chi connectivity index (χ4n) is 5.08. The Morgan fingerprint density at radius 1 is 0.865 bits per heavy atom. The first-order chi connectivity index (χ1) is 24.1. The molecular weight excluding hydrogens is 730 g/mol. The van der Waals surface area contributed by atoms with E-state index in [4.69, 9.17) is 4.74 Å². The van der Waals surface area contributed by atoms with Gasteiger partial charge in [-0.3, -0.25) is 9.78 Å². The van der Waals surface area contributed by atoms with Crippen LogP contribution in [0.4, 0.5) is 40.8 Å². The SMILES string of the molecule is COc1cc(C(=O)O)ccc1N(Cc1cccc(C(C)(C)C)c1)C(=O)CN(Cc1cnccc1C(F)(F)F)S(=O)(=O)c1c(F)c(F)c(F)c(F)c1F. The molecule has 0 atom stereocenters. The topological polar surface area (TPSA) is 117 Å². The predicted octanol–water partition coefficient (Wildman–Crippen LogP) is 7.22. The number of pyridine rings is 1. The number of amides is 1. The van der Waals surface area contributed by atoms with E-state index in [-0.39, 0.29) is 21.3 Å². The molecule has 278 valence electrons. The van der Waals surface area contributed by atoms with E-state index in [9.17, 15) is 58.2 Å². The van der Waals surface area contributed by atoms with Crippen molar-refractivity contribution in [1.29, 1.82) is 0 Å². The number of nitrogens with zero attached hydrogens (tertiary/aromatic N) is 3. The fourth-order valence-corrected chi connectivity index (χ4v) is 6.56. The maximum Gasteiger partial charge on any atom is 0.416 e. The smallest absolute Gasteiger partial charge is 0.416 e. The van der Waals surface area contributed by atoms with Crippen molar-refractivity contribution in [1.82, 2.24) is 9.29 Å². The molecule has 0 saturated heterocycles. The highest BCUT2D eigenvalue weighted by Gasteiger charge is 2.41. The maximum atomic E-state index is 15.0. The van der Waals surface area contributed by atoms with Crippen LogP contribution in [0.5, 0.6) is 5.75 Å². The number of methoxy groups -OCH3 is 1. The number of aromatic nitrogens is 1. The zero-order valence-electron chi connectivity index (χ0n) is 27.7. The van der Waals surface area contributed by atoms with Gasteiger partial charge in [0.2, 0.25) is 21.7 Å². The molecule has 52 heavy (non-hydrogen) atoms. The van der Waals surface area contributed by atoms with Gasteiger partial charge in [-0.05, 0) is 46.4 Å². The number of alkyl halides is 3. The lowest BCUT2D eigenvalue weighted by Crippen LogP contribution is -2.43. The van der Waals surface area contributed by atoms with Gasteiger partial charge in [0, 0.05) is 18.9 Å². The largest absolute Gasteiger partial charge is 0.495 e. The van der Waals surface area contributed by atoms with E-state index in [1.807, 2.05) is 20.8 Å². The van der Waals surface area contributed by atoms with Gasteiger partial charge in [0.1, 0.15) is 5.75 Å². The van der Waals surface area contributed by atoms with Crippen molar-refractivity contribution in [2.75, 3.05) is 18.6 Å². The van der Waals surface area contributed by atoms with Crippen LogP contribution in [0.2, 0.25) is 0 Å². The summed E-state index contributed by atoms with van der Waals surface area (Å²) >= 11 is 0. The summed E-state index contributed by atoms with van der Waals surface area (Å²) in [4.78, 5) is 27.9. The Balaban J connectivity index is 1.94. The Hall–Kier alpha value is -5.10. The minimum atomic E-state index is -6.04. The van der Waals surface area contributed by atoms with Crippen molar-refractivity contribution in [2.24, 2.45) is 0 Å². The van der Waals surface area contributed by atoms with E-state index in [0.717, 1.165) is 35.8 Å². The van der Waals surface area contributed by atoms with Crippen LogP contribution in [-0.2, 0) is 39.5 Å². The Morgan fingerprint density at radius 3 is 2.04 bits per heavy atom. The Kier molecular flexibility index (Phi) is 11.3. The number of rotatable bonds is 11. The fraction of sp³-hybridized carbons (Fsp3) is 0.265.